The summed E-state index contributed by atoms with van der Waals surface area (Å²) < 4.78 is 19.5. The van der Waals surface area contributed by atoms with Gasteiger partial charge in [0.25, 0.3) is 11.8 Å². The predicted octanol–water partition coefficient (Wildman–Crippen LogP) is 4.49. The second-order valence-corrected chi connectivity index (χ2v) is 12.1. The van der Waals surface area contributed by atoms with E-state index >= 15 is 0 Å². The molecule has 0 radical (unpaired) electrons. The lowest BCUT2D eigenvalue weighted by Crippen LogP contribution is -2.52. The number of carbonyl (C=O) groups excluding carboxylic acids is 2. The zero-order valence-electron chi connectivity index (χ0n) is 23.8. The van der Waals surface area contributed by atoms with Gasteiger partial charge in [-0.15, -0.1) is 11.3 Å². The zero-order chi connectivity index (χ0) is 29.9. The second kappa shape index (κ2) is 12.7. The van der Waals surface area contributed by atoms with Crippen LogP contribution in [-0.4, -0.2) is 69.2 Å². The van der Waals surface area contributed by atoms with Gasteiger partial charge in [0, 0.05) is 46.9 Å². The van der Waals surface area contributed by atoms with Crippen molar-refractivity contribution in [2.45, 2.75) is 63.0 Å². The van der Waals surface area contributed by atoms with Crippen molar-refractivity contribution in [3.63, 3.8) is 0 Å². The number of benzene rings is 2. The molecule has 2 fully saturated rings. The molecule has 6 rings (SSSR count). The molecule has 9 nitrogen and oxygen atoms in total. The monoisotopic (exact) mass is 603 g/mol. The highest BCUT2D eigenvalue weighted by molar-refractivity contribution is 7.09. The van der Waals surface area contributed by atoms with E-state index in [0.717, 1.165) is 29.1 Å². The van der Waals surface area contributed by atoms with Crippen molar-refractivity contribution >= 4 is 23.2 Å². The number of nitrogens with zero attached hydrogens (tertiary/aromatic N) is 3. The van der Waals surface area contributed by atoms with Crippen LogP contribution in [0.5, 0.6) is 0 Å². The molecule has 4 aromatic rings. The van der Waals surface area contributed by atoms with Crippen LogP contribution in [0.2, 0.25) is 0 Å². The molecule has 4 heterocycles. The summed E-state index contributed by atoms with van der Waals surface area (Å²) in [4.78, 5) is 38.5. The van der Waals surface area contributed by atoms with E-state index in [1.165, 1.54) is 12.5 Å². The van der Waals surface area contributed by atoms with Gasteiger partial charge in [-0.05, 0) is 56.4 Å². The summed E-state index contributed by atoms with van der Waals surface area (Å²) in [5.74, 6) is -0.393. The van der Waals surface area contributed by atoms with E-state index in [1.807, 2.05) is 47.5 Å². The van der Waals surface area contributed by atoms with Crippen LogP contribution >= 0.6 is 11.3 Å². The Balaban J connectivity index is 1.30. The Morgan fingerprint density at radius 2 is 2.05 bits per heavy atom. The number of carbonyl (C=O) groups is 2. The molecular formula is C32H34FN5O4S. The fourth-order valence-electron chi connectivity index (χ4n) is 5.97. The quantitative estimate of drug-likeness (QED) is 0.258. The molecule has 0 saturated carbocycles. The third kappa shape index (κ3) is 6.53. The number of amides is 2. The molecule has 2 aliphatic heterocycles. The summed E-state index contributed by atoms with van der Waals surface area (Å²) in [7, 11) is 0. The van der Waals surface area contributed by atoms with Crippen LogP contribution in [-0.2, 0) is 6.42 Å². The minimum atomic E-state index is -1.05. The van der Waals surface area contributed by atoms with Gasteiger partial charge in [-0.25, -0.2) is 14.4 Å². The Labute approximate surface area is 253 Å². The Hall–Kier alpha value is -3.93. The van der Waals surface area contributed by atoms with Gasteiger partial charge in [0.15, 0.2) is 0 Å². The average molecular weight is 604 g/mol. The van der Waals surface area contributed by atoms with Gasteiger partial charge in [0.1, 0.15) is 17.4 Å². The van der Waals surface area contributed by atoms with Crippen molar-refractivity contribution in [1.82, 2.24) is 25.5 Å². The van der Waals surface area contributed by atoms with Crippen LogP contribution in [0.1, 0.15) is 62.3 Å². The van der Waals surface area contributed by atoms with Crippen molar-refractivity contribution in [2.75, 3.05) is 13.1 Å². The Bertz CT molecular complexity index is 1560. The number of hydrogen-bond donors (Lipinski definition) is 3. The number of aryl methyl sites for hydroxylation is 1. The summed E-state index contributed by atoms with van der Waals surface area (Å²) in [6.45, 7) is 2.68. The van der Waals surface area contributed by atoms with E-state index in [2.05, 4.69) is 20.6 Å². The van der Waals surface area contributed by atoms with E-state index in [4.69, 9.17) is 4.42 Å². The normalized spacial score (nSPS) is 21.6. The van der Waals surface area contributed by atoms with E-state index in [0.29, 0.717) is 24.1 Å². The number of nitrogens with one attached hydrogen (secondary N) is 2. The standard InChI is InChI=1S/C32H34FN5O4S/c1-19-18-43-31(36-19)27-8-5-10-38(27)32(41)23-14-21(13-22(15-23)30-34-9-11-42-30)29(40)37-26(12-20-6-3-2-4-7-20)28(39)25-16-24(33)17-35-25/h2-4,6-7,9,11,13-15,18,24-28,35,39H,5,8,10,12,16-17H2,1H3,(H,37,40)/t24-,25+,26-,27+,28-/m0/s1. The molecule has 2 saturated heterocycles. The van der Waals surface area contributed by atoms with Crippen LogP contribution < -0.4 is 10.6 Å². The summed E-state index contributed by atoms with van der Waals surface area (Å²) in [5.41, 5.74) is 2.89. The maximum atomic E-state index is 14.0. The Morgan fingerprint density at radius 1 is 1.23 bits per heavy atom. The Morgan fingerprint density at radius 3 is 2.74 bits per heavy atom. The van der Waals surface area contributed by atoms with Crippen LogP contribution in [0.4, 0.5) is 4.39 Å². The molecule has 2 aromatic carbocycles. The zero-order valence-corrected chi connectivity index (χ0v) is 24.6. The molecule has 0 aliphatic carbocycles. The highest BCUT2D eigenvalue weighted by Gasteiger charge is 2.36. The molecule has 0 unspecified atom stereocenters. The summed E-state index contributed by atoms with van der Waals surface area (Å²) in [5, 5.41) is 20.2. The smallest absolute Gasteiger partial charge is 0.254 e. The number of alkyl halides is 1. The number of halogens is 1. The largest absolute Gasteiger partial charge is 0.445 e. The first-order valence-electron chi connectivity index (χ1n) is 14.5. The third-order valence-electron chi connectivity index (χ3n) is 8.11. The number of hydrogen-bond acceptors (Lipinski definition) is 8. The average Bonchev–Trinajstić information content (AvgIpc) is 3.84. The van der Waals surface area contributed by atoms with Gasteiger partial charge in [-0.1, -0.05) is 30.3 Å². The molecule has 2 aromatic heterocycles. The first-order chi connectivity index (χ1) is 20.9. The number of thiazole rings is 1. The predicted molar refractivity (Wildman–Crippen MR) is 161 cm³/mol. The van der Waals surface area contributed by atoms with Gasteiger partial charge >= 0.3 is 0 Å². The van der Waals surface area contributed by atoms with Gasteiger partial charge in [0.05, 0.1) is 24.4 Å². The molecule has 5 atom stereocenters. The van der Waals surface area contributed by atoms with Crippen LogP contribution in [0.15, 0.2) is 70.8 Å². The van der Waals surface area contributed by atoms with E-state index in [-0.39, 0.29) is 36.4 Å². The van der Waals surface area contributed by atoms with Crippen molar-refractivity contribution < 1.29 is 23.5 Å². The lowest BCUT2D eigenvalue weighted by molar-refractivity contribution is 0.0728. The lowest BCUT2D eigenvalue weighted by atomic mass is 9.94. The van der Waals surface area contributed by atoms with E-state index < -0.39 is 30.3 Å². The highest BCUT2D eigenvalue weighted by Crippen LogP contribution is 2.35. The molecule has 11 heteroatoms. The summed E-state index contributed by atoms with van der Waals surface area (Å²) in [6.07, 6.45) is 3.03. The number of aliphatic hydroxyl groups excluding tert-OH is 1. The molecule has 2 amide bonds. The Kier molecular flexibility index (Phi) is 8.64. The first-order valence-corrected chi connectivity index (χ1v) is 15.4. The van der Waals surface area contributed by atoms with Crippen LogP contribution in [0.25, 0.3) is 11.5 Å². The topological polar surface area (TPSA) is 121 Å². The number of likely N-dealkylation sites (tertiary alicyclic amines) is 1. The molecule has 2 aliphatic rings. The molecule has 43 heavy (non-hydrogen) atoms. The van der Waals surface area contributed by atoms with Crippen molar-refractivity contribution in [3.8, 4) is 11.5 Å². The van der Waals surface area contributed by atoms with E-state index in [9.17, 15) is 19.1 Å². The number of rotatable bonds is 9. The molecule has 3 N–H and O–H groups in total. The summed E-state index contributed by atoms with van der Waals surface area (Å²) >= 11 is 1.55. The SMILES string of the molecule is Cc1csc([C@H]2CCCN2C(=O)c2cc(C(=O)N[C@@H](Cc3ccccc3)[C@@H](O)[C@H]3C[C@H](F)CN3)cc(-c3ncco3)c2)n1. The first kappa shape index (κ1) is 29.2. The maximum Gasteiger partial charge on any atom is 0.254 e. The minimum absolute atomic E-state index is 0.127. The second-order valence-electron chi connectivity index (χ2n) is 11.2. The number of aliphatic hydroxyl groups is 1. The van der Waals surface area contributed by atoms with Gasteiger partial charge in [-0.3, -0.25) is 9.59 Å². The molecule has 0 spiro atoms. The van der Waals surface area contributed by atoms with Crippen LogP contribution in [0.3, 0.4) is 0 Å². The van der Waals surface area contributed by atoms with Gasteiger partial charge < -0.3 is 25.1 Å². The van der Waals surface area contributed by atoms with Gasteiger partial charge in [-0.2, -0.15) is 0 Å². The molecule has 0 bridgehead atoms. The third-order valence-corrected chi connectivity index (χ3v) is 9.17. The lowest BCUT2D eigenvalue weighted by Gasteiger charge is -2.29. The maximum absolute atomic E-state index is 14.0. The van der Waals surface area contributed by atoms with Crippen LogP contribution in [0, 0.1) is 6.92 Å². The molecular weight excluding hydrogens is 569 g/mol. The van der Waals surface area contributed by atoms with Crippen molar-refractivity contribution in [2.24, 2.45) is 0 Å². The van der Waals surface area contributed by atoms with E-state index in [1.54, 1.807) is 29.5 Å². The highest BCUT2D eigenvalue weighted by atomic mass is 32.1. The number of oxazole rings is 1. The van der Waals surface area contributed by atoms with Crippen molar-refractivity contribution in [1.29, 1.82) is 0 Å². The fourth-order valence-corrected chi connectivity index (χ4v) is 6.91. The minimum Gasteiger partial charge on any atom is -0.445 e. The number of aromatic nitrogens is 2. The van der Waals surface area contributed by atoms with Crippen molar-refractivity contribution in [3.05, 3.63) is 93.8 Å². The summed E-state index contributed by atoms with van der Waals surface area (Å²) in [6, 6.07) is 13.1. The van der Waals surface area contributed by atoms with Gasteiger partial charge in [0.2, 0.25) is 5.89 Å². The fraction of sp³-hybridized carbons (Fsp3) is 0.375. The molecule has 224 valence electrons.